The van der Waals surface area contributed by atoms with Crippen LogP contribution in [0, 0.1) is 0 Å². The smallest absolute Gasteiger partial charge is 0.171 e. The molecule has 2 aromatic rings. The van der Waals surface area contributed by atoms with E-state index in [4.69, 9.17) is 28.6 Å². The molecule has 0 aliphatic carbocycles. The van der Waals surface area contributed by atoms with Crippen LogP contribution in [0.5, 0.6) is 5.75 Å². The molecule has 24 heavy (non-hydrogen) atoms. The van der Waals surface area contributed by atoms with Gasteiger partial charge in [0.25, 0.3) is 0 Å². The maximum absolute atomic E-state index is 6.04. The highest BCUT2D eigenvalue weighted by Gasteiger charge is 2.10. The van der Waals surface area contributed by atoms with Crippen molar-refractivity contribution in [2.24, 2.45) is 0 Å². The van der Waals surface area contributed by atoms with Crippen molar-refractivity contribution >= 4 is 34.6 Å². The van der Waals surface area contributed by atoms with E-state index in [9.17, 15) is 0 Å². The number of methoxy groups -OCH3 is 1. The number of thiocarbonyl (C=S) groups is 1. The van der Waals surface area contributed by atoms with E-state index in [2.05, 4.69) is 48.7 Å². The van der Waals surface area contributed by atoms with E-state index in [1.165, 1.54) is 11.1 Å². The fraction of sp³-hybridized carbons (Fsp3) is 0.316. The second-order valence-electron chi connectivity index (χ2n) is 5.66. The third-order valence-corrected chi connectivity index (χ3v) is 4.23. The Bertz CT molecular complexity index is 688. The van der Waals surface area contributed by atoms with Crippen molar-refractivity contribution in [3.8, 4) is 5.75 Å². The van der Waals surface area contributed by atoms with Gasteiger partial charge in [-0.2, -0.15) is 0 Å². The lowest BCUT2D eigenvalue weighted by molar-refractivity contribution is 0.417. The average Bonchev–Trinajstić information content (AvgIpc) is 2.56. The molecule has 1 unspecified atom stereocenters. The Morgan fingerprint density at radius 3 is 2.54 bits per heavy atom. The van der Waals surface area contributed by atoms with Gasteiger partial charge in [-0.25, -0.2) is 0 Å². The van der Waals surface area contributed by atoms with Gasteiger partial charge in [0.2, 0.25) is 0 Å². The van der Waals surface area contributed by atoms with E-state index < -0.39 is 0 Å². The normalized spacial score (nSPS) is 11.7. The van der Waals surface area contributed by atoms with Crippen molar-refractivity contribution in [1.29, 1.82) is 0 Å². The number of hydrogen-bond donors (Lipinski definition) is 2. The van der Waals surface area contributed by atoms with Gasteiger partial charge in [0, 0.05) is 5.02 Å². The highest BCUT2D eigenvalue weighted by atomic mass is 35.5. The topological polar surface area (TPSA) is 33.3 Å². The van der Waals surface area contributed by atoms with Crippen LogP contribution in [0.25, 0.3) is 0 Å². The molecular formula is C19H23ClN2OS. The number of anilines is 1. The van der Waals surface area contributed by atoms with Crippen LogP contribution < -0.4 is 15.4 Å². The molecule has 0 heterocycles. The predicted molar refractivity (Wildman–Crippen MR) is 106 cm³/mol. The van der Waals surface area contributed by atoms with Crippen LogP contribution in [0.15, 0.2) is 42.5 Å². The molecule has 0 radical (unpaired) electrons. The number of rotatable bonds is 6. The zero-order chi connectivity index (χ0) is 17.5. The van der Waals surface area contributed by atoms with Gasteiger partial charge in [-0.1, -0.05) is 49.2 Å². The molecule has 5 heteroatoms. The molecule has 0 bridgehead atoms. The lowest BCUT2D eigenvalue weighted by Gasteiger charge is -2.19. The first-order valence-corrected chi connectivity index (χ1v) is 8.82. The molecule has 2 rings (SSSR count). The fourth-order valence-electron chi connectivity index (χ4n) is 2.48. The molecule has 2 N–H and O–H groups in total. The number of nitrogens with one attached hydrogen (secondary N) is 2. The summed E-state index contributed by atoms with van der Waals surface area (Å²) in [5.41, 5.74) is 3.29. The Hall–Kier alpha value is -1.78. The minimum atomic E-state index is 0.103. The molecular weight excluding hydrogens is 340 g/mol. The maximum atomic E-state index is 6.04. The Balaban J connectivity index is 2.00. The predicted octanol–water partition coefficient (Wildman–Crippen LogP) is 5.35. The van der Waals surface area contributed by atoms with Gasteiger partial charge in [-0.05, 0) is 54.9 Å². The summed E-state index contributed by atoms with van der Waals surface area (Å²) in [5.74, 6) is 0.695. The van der Waals surface area contributed by atoms with E-state index >= 15 is 0 Å². The first-order chi connectivity index (χ1) is 11.5. The lowest BCUT2D eigenvalue weighted by Crippen LogP contribution is -2.31. The van der Waals surface area contributed by atoms with Gasteiger partial charge >= 0.3 is 0 Å². The summed E-state index contributed by atoms with van der Waals surface area (Å²) in [6, 6.07) is 14.1. The zero-order valence-electron chi connectivity index (χ0n) is 14.2. The van der Waals surface area contributed by atoms with Crippen molar-refractivity contribution in [2.75, 3.05) is 12.4 Å². The summed E-state index contributed by atoms with van der Waals surface area (Å²) < 4.78 is 5.32. The molecule has 0 saturated carbocycles. The lowest BCUT2D eigenvalue weighted by atomic mass is 10.0. The summed E-state index contributed by atoms with van der Waals surface area (Å²) in [4.78, 5) is 0. The van der Waals surface area contributed by atoms with Gasteiger partial charge < -0.3 is 15.4 Å². The van der Waals surface area contributed by atoms with Crippen LogP contribution in [-0.4, -0.2) is 12.2 Å². The van der Waals surface area contributed by atoms with E-state index in [-0.39, 0.29) is 6.04 Å². The zero-order valence-corrected chi connectivity index (χ0v) is 15.8. The minimum Gasteiger partial charge on any atom is -0.495 e. The number of benzene rings is 2. The van der Waals surface area contributed by atoms with E-state index in [1.807, 2.05) is 6.07 Å². The molecule has 0 fully saturated rings. The van der Waals surface area contributed by atoms with Crippen LogP contribution in [0.2, 0.25) is 5.02 Å². The van der Waals surface area contributed by atoms with Gasteiger partial charge in [0.15, 0.2) is 5.11 Å². The summed E-state index contributed by atoms with van der Waals surface area (Å²) >= 11 is 11.4. The number of hydrogen-bond acceptors (Lipinski definition) is 2. The minimum absolute atomic E-state index is 0.103. The SMILES string of the molecule is CCCc1ccc(C(C)NC(=S)Nc2cc(Cl)ccc2OC)cc1. The number of ether oxygens (including phenoxy) is 1. The van der Waals surface area contributed by atoms with Crippen molar-refractivity contribution in [3.63, 3.8) is 0 Å². The molecule has 1 atom stereocenters. The number of halogens is 1. The fourth-order valence-corrected chi connectivity index (χ4v) is 2.94. The van der Waals surface area contributed by atoms with Gasteiger partial charge in [0.1, 0.15) is 5.75 Å². The van der Waals surface area contributed by atoms with Crippen LogP contribution in [0.3, 0.4) is 0 Å². The third kappa shape index (κ3) is 5.11. The molecule has 128 valence electrons. The summed E-state index contributed by atoms with van der Waals surface area (Å²) in [7, 11) is 1.62. The Morgan fingerprint density at radius 1 is 1.21 bits per heavy atom. The van der Waals surface area contributed by atoms with Crippen LogP contribution in [0.4, 0.5) is 5.69 Å². The summed E-state index contributed by atoms with van der Waals surface area (Å²) in [6.45, 7) is 4.27. The molecule has 3 nitrogen and oxygen atoms in total. The van der Waals surface area contributed by atoms with E-state index in [0.717, 1.165) is 18.5 Å². The van der Waals surface area contributed by atoms with Gasteiger partial charge in [0.05, 0.1) is 18.8 Å². The summed E-state index contributed by atoms with van der Waals surface area (Å²) in [6.07, 6.45) is 2.26. The van der Waals surface area contributed by atoms with Crippen molar-refractivity contribution in [1.82, 2.24) is 5.32 Å². The van der Waals surface area contributed by atoms with Crippen molar-refractivity contribution in [3.05, 3.63) is 58.6 Å². The first-order valence-electron chi connectivity index (χ1n) is 8.03. The van der Waals surface area contributed by atoms with Crippen molar-refractivity contribution in [2.45, 2.75) is 32.7 Å². The Morgan fingerprint density at radius 2 is 1.92 bits per heavy atom. The highest BCUT2D eigenvalue weighted by Crippen LogP contribution is 2.27. The second-order valence-corrected chi connectivity index (χ2v) is 6.50. The molecule has 0 saturated heterocycles. The van der Waals surface area contributed by atoms with Crippen molar-refractivity contribution < 1.29 is 4.74 Å². The summed E-state index contributed by atoms with van der Waals surface area (Å²) in [5, 5.41) is 7.59. The highest BCUT2D eigenvalue weighted by molar-refractivity contribution is 7.80. The second kappa shape index (κ2) is 8.90. The monoisotopic (exact) mass is 362 g/mol. The third-order valence-electron chi connectivity index (χ3n) is 3.78. The standard InChI is InChI=1S/C19H23ClN2OS/c1-4-5-14-6-8-15(9-7-14)13(2)21-19(24)22-17-12-16(20)10-11-18(17)23-3/h6-13H,4-5H2,1-3H3,(H2,21,22,24). The molecule has 0 aromatic heterocycles. The average molecular weight is 363 g/mol. The molecule has 2 aromatic carbocycles. The van der Waals surface area contributed by atoms with Crippen LogP contribution in [-0.2, 0) is 6.42 Å². The van der Waals surface area contributed by atoms with E-state index in [1.54, 1.807) is 19.2 Å². The molecule has 0 amide bonds. The van der Waals surface area contributed by atoms with Crippen LogP contribution >= 0.6 is 23.8 Å². The quantitative estimate of drug-likeness (QED) is 0.679. The Kier molecular flexibility index (Phi) is 6.88. The van der Waals surface area contributed by atoms with Gasteiger partial charge in [-0.3, -0.25) is 0 Å². The Labute approximate surface area is 154 Å². The number of aryl methyl sites for hydroxylation is 1. The first kappa shape index (κ1) is 18.6. The van der Waals surface area contributed by atoms with Crippen LogP contribution in [0.1, 0.15) is 37.4 Å². The molecule has 0 aliphatic heterocycles. The van der Waals surface area contributed by atoms with E-state index in [0.29, 0.717) is 15.9 Å². The maximum Gasteiger partial charge on any atom is 0.171 e. The molecule has 0 aliphatic rings. The molecule has 0 spiro atoms. The largest absolute Gasteiger partial charge is 0.495 e. The van der Waals surface area contributed by atoms with Gasteiger partial charge in [-0.15, -0.1) is 0 Å².